The Hall–Kier alpha value is -2.96. The number of esters is 1. The number of hydrogen-bond donors (Lipinski definition) is 2. The fraction of sp³-hybridized carbons (Fsp3) is 0.250. The zero-order chi connectivity index (χ0) is 16.4. The molecule has 0 atom stereocenters. The summed E-state index contributed by atoms with van der Waals surface area (Å²) >= 11 is 0. The number of benzene rings is 1. The number of carbonyl (C=O) groups is 2. The van der Waals surface area contributed by atoms with Crippen molar-refractivity contribution in [3.05, 3.63) is 63.8 Å². The Kier molecular flexibility index (Phi) is 3.69. The first-order valence-corrected chi connectivity index (χ1v) is 7.07. The third-order valence-corrected chi connectivity index (χ3v) is 3.95. The van der Waals surface area contributed by atoms with Gasteiger partial charge >= 0.3 is 5.97 Å². The SMILES string of the molecule is COC(=O)C1(NC(=O)c2ncc[nH]c2=O)Cc2ccccc2C1. The van der Waals surface area contributed by atoms with Crippen LogP contribution in [-0.4, -0.2) is 34.5 Å². The molecular formula is C16H15N3O4. The van der Waals surface area contributed by atoms with Gasteiger partial charge in [-0.3, -0.25) is 9.59 Å². The van der Waals surface area contributed by atoms with Crippen LogP contribution in [0.25, 0.3) is 0 Å². The van der Waals surface area contributed by atoms with Gasteiger partial charge in [-0.25, -0.2) is 9.78 Å². The van der Waals surface area contributed by atoms with Gasteiger partial charge in [0.25, 0.3) is 11.5 Å². The van der Waals surface area contributed by atoms with E-state index in [0.29, 0.717) is 12.8 Å². The number of fused-ring (bicyclic) bond motifs is 1. The second kappa shape index (κ2) is 5.68. The highest BCUT2D eigenvalue weighted by atomic mass is 16.5. The van der Waals surface area contributed by atoms with Crippen LogP contribution in [0.4, 0.5) is 0 Å². The van der Waals surface area contributed by atoms with E-state index in [-0.39, 0.29) is 5.69 Å². The van der Waals surface area contributed by atoms with Crippen molar-refractivity contribution >= 4 is 11.9 Å². The number of nitrogens with zero attached hydrogens (tertiary/aromatic N) is 1. The van der Waals surface area contributed by atoms with Crippen molar-refractivity contribution in [3.63, 3.8) is 0 Å². The molecule has 0 spiro atoms. The van der Waals surface area contributed by atoms with E-state index in [0.717, 1.165) is 11.1 Å². The summed E-state index contributed by atoms with van der Waals surface area (Å²) in [6, 6.07) is 7.55. The molecule has 1 aromatic heterocycles. The number of H-pyrrole nitrogens is 1. The van der Waals surface area contributed by atoms with E-state index in [1.165, 1.54) is 19.5 Å². The van der Waals surface area contributed by atoms with Gasteiger partial charge in [0, 0.05) is 25.2 Å². The number of rotatable bonds is 3. The standard InChI is InChI=1S/C16H15N3O4/c1-23-15(22)16(8-10-4-2-3-5-11(10)9-16)19-14(21)12-13(20)18-7-6-17-12/h2-7H,8-9H2,1H3,(H,18,20)(H,19,21). The van der Waals surface area contributed by atoms with E-state index < -0.39 is 23.0 Å². The smallest absolute Gasteiger partial charge is 0.332 e. The monoisotopic (exact) mass is 313 g/mol. The number of aromatic nitrogens is 2. The van der Waals surface area contributed by atoms with Crippen LogP contribution in [0.15, 0.2) is 41.5 Å². The fourth-order valence-corrected chi connectivity index (χ4v) is 2.88. The zero-order valence-corrected chi connectivity index (χ0v) is 12.5. The molecule has 1 aromatic carbocycles. The summed E-state index contributed by atoms with van der Waals surface area (Å²) in [4.78, 5) is 42.6. The van der Waals surface area contributed by atoms with Gasteiger partial charge in [0.1, 0.15) is 5.54 Å². The lowest BCUT2D eigenvalue weighted by Crippen LogP contribution is -2.56. The van der Waals surface area contributed by atoms with Crippen LogP contribution >= 0.6 is 0 Å². The Morgan fingerprint density at radius 2 is 1.91 bits per heavy atom. The number of methoxy groups -OCH3 is 1. The molecule has 1 aliphatic carbocycles. The minimum Gasteiger partial charge on any atom is -0.467 e. The third-order valence-electron chi connectivity index (χ3n) is 3.95. The number of carbonyl (C=O) groups excluding carboxylic acids is 2. The average molecular weight is 313 g/mol. The second-order valence-corrected chi connectivity index (χ2v) is 5.42. The van der Waals surface area contributed by atoms with Gasteiger partial charge in [0.05, 0.1) is 7.11 Å². The first-order chi connectivity index (χ1) is 11.1. The quantitative estimate of drug-likeness (QED) is 0.789. The molecule has 0 radical (unpaired) electrons. The van der Waals surface area contributed by atoms with Crippen molar-refractivity contribution in [1.29, 1.82) is 0 Å². The highest BCUT2D eigenvalue weighted by Crippen LogP contribution is 2.31. The van der Waals surface area contributed by atoms with Gasteiger partial charge in [-0.1, -0.05) is 24.3 Å². The van der Waals surface area contributed by atoms with Gasteiger partial charge in [-0.2, -0.15) is 0 Å². The van der Waals surface area contributed by atoms with Crippen LogP contribution in [-0.2, 0) is 22.4 Å². The lowest BCUT2D eigenvalue weighted by atomic mass is 9.95. The predicted octanol–water partition coefficient (Wildman–Crippen LogP) is 0.210. The van der Waals surface area contributed by atoms with Crippen LogP contribution in [0.5, 0.6) is 0 Å². The van der Waals surface area contributed by atoms with Crippen molar-refractivity contribution in [2.75, 3.05) is 7.11 Å². The fourth-order valence-electron chi connectivity index (χ4n) is 2.88. The highest BCUT2D eigenvalue weighted by Gasteiger charge is 2.46. The molecule has 118 valence electrons. The van der Waals surface area contributed by atoms with E-state index >= 15 is 0 Å². The Morgan fingerprint density at radius 1 is 1.26 bits per heavy atom. The topological polar surface area (TPSA) is 101 Å². The van der Waals surface area contributed by atoms with Crippen LogP contribution in [0.1, 0.15) is 21.6 Å². The van der Waals surface area contributed by atoms with Crippen molar-refractivity contribution in [3.8, 4) is 0 Å². The van der Waals surface area contributed by atoms with E-state index in [1.807, 2.05) is 24.3 Å². The molecule has 23 heavy (non-hydrogen) atoms. The molecule has 3 rings (SSSR count). The normalized spacial score (nSPS) is 14.8. The van der Waals surface area contributed by atoms with Gasteiger partial charge in [0.15, 0.2) is 5.69 Å². The molecule has 7 heteroatoms. The average Bonchev–Trinajstić information content (AvgIpc) is 2.93. The molecule has 7 nitrogen and oxygen atoms in total. The number of amides is 1. The van der Waals surface area contributed by atoms with Crippen molar-refractivity contribution in [2.24, 2.45) is 0 Å². The Bertz CT molecular complexity index is 803. The number of hydrogen-bond acceptors (Lipinski definition) is 5. The number of ether oxygens (including phenoxy) is 1. The minimum atomic E-state index is -1.22. The molecule has 0 aliphatic heterocycles. The second-order valence-electron chi connectivity index (χ2n) is 5.42. The third kappa shape index (κ3) is 2.61. The molecule has 1 amide bonds. The van der Waals surface area contributed by atoms with Crippen LogP contribution in [0.3, 0.4) is 0 Å². The summed E-state index contributed by atoms with van der Waals surface area (Å²) in [5.74, 6) is -1.25. The lowest BCUT2D eigenvalue weighted by molar-refractivity contribution is -0.147. The number of aromatic amines is 1. The lowest BCUT2D eigenvalue weighted by Gasteiger charge is -2.26. The zero-order valence-electron chi connectivity index (χ0n) is 12.5. The first-order valence-electron chi connectivity index (χ1n) is 7.07. The summed E-state index contributed by atoms with van der Waals surface area (Å²) < 4.78 is 4.88. The van der Waals surface area contributed by atoms with Crippen LogP contribution in [0, 0.1) is 0 Å². The molecule has 2 N–H and O–H groups in total. The maximum atomic E-state index is 12.4. The molecule has 0 unspecified atom stereocenters. The maximum absolute atomic E-state index is 12.4. The molecule has 1 heterocycles. The Balaban J connectivity index is 1.94. The van der Waals surface area contributed by atoms with E-state index in [9.17, 15) is 14.4 Å². The predicted molar refractivity (Wildman–Crippen MR) is 80.9 cm³/mol. The van der Waals surface area contributed by atoms with Gasteiger partial charge in [-0.15, -0.1) is 0 Å². The molecule has 0 bridgehead atoms. The highest BCUT2D eigenvalue weighted by molar-refractivity contribution is 5.97. The number of nitrogens with one attached hydrogen (secondary N) is 2. The summed E-state index contributed by atoms with van der Waals surface area (Å²) in [5, 5.41) is 2.65. The maximum Gasteiger partial charge on any atom is 0.332 e. The van der Waals surface area contributed by atoms with E-state index in [1.54, 1.807) is 0 Å². The summed E-state index contributed by atoms with van der Waals surface area (Å²) in [7, 11) is 1.27. The van der Waals surface area contributed by atoms with Crippen molar-refractivity contribution in [1.82, 2.24) is 15.3 Å². The summed E-state index contributed by atoms with van der Waals surface area (Å²) in [6.45, 7) is 0. The van der Waals surface area contributed by atoms with E-state index in [4.69, 9.17) is 4.74 Å². The van der Waals surface area contributed by atoms with Gasteiger partial charge in [0.2, 0.25) is 0 Å². The molecule has 2 aromatic rings. The Morgan fingerprint density at radius 3 is 2.48 bits per heavy atom. The summed E-state index contributed by atoms with van der Waals surface area (Å²) in [6.07, 6.45) is 3.27. The largest absolute Gasteiger partial charge is 0.467 e. The van der Waals surface area contributed by atoms with Crippen LogP contribution < -0.4 is 10.9 Å². The molecule has 1 aliphatic rings. The molecule has 0 fully saturated rings. The van der Waals surface area contributed by atoms with Crippen molar-refractivity contribution in [2.45, 2.75) is 18.4 Å². The van der Waals surface area contributed by atoms with Crippen molar-refractivity contribution < 1.29 is 14.3 Å². The minimum absolute atomic E-state index is 0.285. The Labute approximate surface area is 131 Å². The molecule has 0 saturated heterocycles. The molecular weight excluding hydrogens is 298 g/mol. The van der Waals surface area contributed by atoms with Gasteiger partial charge in [-0.05, 0) is 11.1 Å². The van der Waals surface area contributed by atoms with E-state index in [2.05, 4.69) is 15.3 Å². The summed E-state index contributed by atoms with van der Waals surface area (Å²) in [5.41, 5.74) is -0.187. The first kappa shape index (κ1) is 15.0. The van der Waals surface area contributed by atoms with Gasteiger partial charge < -0.3 is 15.0 Å². The molecule has 0 saturated carbocycles. The van der Waals surface area contributed by atoms with Crippen LogP contribution in [0.2, 0.25) is 0 Å².